The van der Waals surface area contributed by atoms with E-state index < -0.39 is 0 Å². The zero-order chi connectivity index (χ0) is 16.5. The molecule has 7 heteroatoms. The maximum absolute atomic E-state index is 12.0. The fourth-order valence-electron chi connectivity index (χ4n) is 1.47. The molecule has 0 heterocycles. The topological polar surface area (TPSA) is 68.2 Å². The highest BCUT2D eigenvalue weighted by molar-refractivity contribution is 6.34. The highest BCUT2D eigenvalue weighted by Gasteiger charge is 2.16. The Bertz CT molecular complexity index is 531. The van der Waals surface area contributed by atoms with Crippen molar-refractivity contribution in [3.05, 3.63) is 35.0 Å². The first-order valence-electron chi connectivity index (χ1n) is 6.57. The lowest BCUT2D eigenvalue weighted by Gasteiger charge is -2.11. The van der Waals surface area contributed by atoms with Crippen LogP contribution in [0.1, 0.15) is 10.4 Å². The van der Waals surface area contributed by atoms with Gasteiger partial charge in [-0.1, -0.05) is 11.6 Å². The van der Waals surface area contributed by atoms with Crippen molar-refractivity contribution in [2.45, 2.75) is 0 Å². The number of allylic oxidation sites excluding steroid dienone is 1. The second-order valence-electron chi connectivity index (χ2n) is 4.58. The Morgan fingerprint density at radius 2 is 2.09 bits per heavy atom. The van der Waals surface area contributed by atoms with Crippen LogP contribution in [0.2, 0.25) is 5.02 Å². The molecular formula is C15H20ClNO5. The molecule has 0 aliphatic heterocycles. The highest BCUT2D eigenvalue weighted by atomic mass is 35.5. The Balaban J connectivity index is 2.73. The molecule has 0 atom stereocenters. The van der Waals surface area contributed by atoms with E-state index in [-0.39, 0.29) is 34.7 Å². The van der Waals surface area contributed by atoms with Gasteiger partial charge in [-0.25, -0.2) is 0 Å². The van der Waals surface area contributed by atoms with Crippen molar-refractivity contribution in [3.8, 4) is 11.5 Å². The van der Waals surface area contributed by atoms with E-state index in [9.17, 15) is 9.90 Å². The number of rotatable bonds is 9. The minimum Gasteiger partial charge on any atom is -0.505 e. The number of ether oxygens (including phenoxy) is 3. The Morgan fingerprint density at radius 1 is 1.36 bits per heavy atom. The predicted molar refractivity (Wildman–Crippen MR) is 83.6 cm³/mol. The van der Waals surface area contributed by atoms with Gasteiger partial charge in [0.1, 0.15) is 16.5 Å². The second kappa shape index (κ2) is 9.30. The maximum Gasteiger partial charge on any atom is 0.191 e. The van der Waals surface area contributed by atoms with E-state index in [1.54, 1.807) is 32.3 Å². The number of halogens is 1. The molecule has 0 amide bonds. The third kappa shape index (κ3) is 5.55. The van der Waals surface area contributed by atoms with Crippen molar-refractivity contribution >= 4 is 17.4 Å². The first kappa shape index (κ1) is 18.3. The molecule has 1 N–H and O–H groups in total. The SMILES string of the molecule is COCCOCOc1ccc(C(=O)/C=C/N(C)C)c(O)c1Cl. The zero-order valence-corrected chi connectivity index (χ0v) is 13.6. The van der Waals surface area contributed by atoms with Gasteiger partial charge in [-0.3, -0.25) is 4.79 Å². The smallest absolute Gasteiger partial charge is 0.191 e. The monoisotopic (exact) mass is 329 g/mol. The van der Waals surface area contributed by atoms with Crippen molar-refractivity contribution < 1.29 is 24.1 Å². The Labute approximate surface area is 134 Å². The van der Waals surface area contributed by atoms with Gasteiger partial charge in [0.05, 0.1) is 18.8 Å². The number of benzene rings is 1. The number of methoxy groups -OCH3 is 1. The quantitative estimate of drug-likeness (QED) is 0.324. The number of phenols is 1. The van der Waals surface area contributed by atoms with Crippen LogP contribution in [-0.2, 0) is 9.47 Å². The lowest BCUT2D eigenvalue weighted by atomic mass is 10.1. The predicted octanol–water partition coefficient (Wildman–Crippen LogP) is 2.30. The third-order valence-electron chi connectivity index (χ3n) is 2.60. The van der Waals surface area contributed by atoms with Crippen LogP contribution in [-0.4, -0.2) is 57.0 Å². The molecule has 0 aromatic heterocycles. The average molecular weight is 330 g/mol. The highest BCUT2D eigenvalue weighted by Crippen LogP contribution is 2.36. The summed E-state index contributed by atoms with van der Waals surface area (Å²) in [6, 6.07) is 2.96. The molecule has 0 bridgehead atoms. The molecule has 0 spiro atoms. The lowest BCUT2D eigenvalue weighted by molar-refractivity contribution is -0.00849. The molecule has 22 heavy (non-hydrogen) atoms. The number of carbonyl (C=O) groups excluding carboxylic acids is 1. The molecule has 0 saturated carbocycles. The van der Waals surface area contributed by atoms with Crippen molar-refractivity contribution in [1.82, 2.24) is 4.90 Å². The summed E-state index contributed by atoms with van der Waals surface area (Å²) in [5, 5.41) is 9.99. The van der Waals surface area contributed by atoms with E-state index in [2.05, 4.69) is 0 Å². The summed E-state index contributed by atoms with van der Waals surface area (Å²) in [7, 11) is 5.15. The summed E-state index contributed by atoms with van der Waals surface area (Å²) in [6.45, 7) is 0.802. The van der Waals surface area contributed by atoms with Gasteiger partial charge < -0.3 is 24.2 Å². The molecule has 1 aromatic carbocycles. The van der Waals surface area contributed by atoms with Crippen LogP contribution in [0.25, 0.3) is 0 Å². The largest absolute Gasteiger partial charge is 0.505 e. The molecule has 0 unspecified atom stereocenters. The van der Waals surface area contributed by atoms with Crippen LogP contribution >= 0.6 is 11.6 Å². The van der Waals surface area contributed by atoms with Gasteiger partial charge in [0, 0.05) is 33.5 Å². The Kier molecular flexibility index (Phi) is 7.73. The minimum atomic E-state index is -0.351. The summed E-state index contributed by atoms with van der Waals surface area (Å²) in [5.41, 5.74) is 0.107. The number of ketones is 1. The molecule has 0 radical (unpaired) electrons. The normalized spacial score (nSPS) is 10.9. The van der Waals surface area contributed by atoms with Gasteiger partial charge in [-0.05, 0) is 12.1 Å². The number of hydrogen-bond donors (Lipinski definition) is 1. The van der Waals surface area contributed by atoms with Crippen LogP contribution in [0.5, 0.6) is 11.5 Å². The average Bonchev–Trinajstić information content (AvgIpc) is 2.48. The lowest BCUT2D eigenvalue weighted by Crippen LogP contribution is -2.08. The zero-order valence-electron chi connectivity index (χ0n) is 12.8. The van der Waals surface area contributed by atoms with Crippen molar-refractivity contribution in [3.63, 3.8) is 0 Å². The first-order valence-corrected chi connectivity index (χ1v) is 6.95. The van der Waals surface area contributed by atoms with Gasteiger partial charge in [0.25, 0.3) is 0 Å². The van der Waals surface area contributed by atoms with Crippen LogP contribution in [0.3, 0.4) is 0 Å². The van der Waals surface area contributed by atoms with E-state index in [0.29, 0.717) is 13.2 Å². The Morgan fingerprint density at radius 3 is 2.73 bits per heavy atom. The molecule has 0 saturated heterocycles. The van der Waals surface area contributed by atoms with Crippen molar-refractivity contribution in [2.24, 2.45) is 0 Å². The number of carbonyl (C=O) groups is 1. The van der Waals surface area contributed by atoms with E-state index >= 15 is 0 Å². The van der Waals surface area contributed by atoms with Crippen LogP contribution in [0.15, 0.2) is 24.4 Å². The van der Waals surface area contributed by atoms with Crippen LogP contribution in [0, 0.1) is 0 Å². The van der Waals surface area contributed by atoms with E-state index in [1.807, 2.05) is 0 Å². The Hall–Kier alpha value is -1.76. The summed E-state index contributed by atoms with van der Waals surface area (Å²) in [6.07, 6.45) is 2.93. The third-order valence-corrected chi connectivity index (χ3v) is 2.97. The van der Waals surface area contributed by atoms with E-state index in [4.69, 9.17) is 25.8 Å². The molecule has 0 aliphatic rings. The summed E-state index contributed by atoms with van der Waals surface area (Å²) in [4.78, 5) is 13.7. The number of nitrogens with zero attached hydrogens (tertiary/aromatic N) is 1. The molecule has 6 nitrogen and oxygen atoms in total. The minimum absolute atomic E-state index is 0.0283. The van der Waals surface area contributed by atoms with Gasteiger partial charge in [0.2, 0.25) is 0 Å². The van der Waals surface area contributed by atoms with Crippen LogP contribution < -0.4 is 4.74 Å². The summed E-state index contributed by atoms with van der Waals surface area (Å²) in [5.74, 6) is -0.426. The number of phenolic OH excluding ortho intramolecular Hbond substituents is 1. The molecular weight excluding hydrogens is 310 g/mol. The standard InChI is InChI=1S/C15H20ClNO5/c1-17(2)7-6-12(18)11-4-5-13(14(16)15(11)19)22-10-21-9-8-20-3/h4-7,19H,8-10H2,1-3H3/b7-6+. The van der Waals surface area contributed by atoms with Crippen molar-refractivity contribution in [2.75, 3.05) is 41.2 Å². The van der Waals surface area contributed by atoms with Gasteiger partial charge >= 0.3 is 0 Å². The van der Waals surface area contributed by atoms with Crippen molar-refractivity contribution in [1.29, 1.82) is 0 Å². The maximum atomic E-state index is 12.0. The fourth-order valence-corrected chi connectivity index (χ4v) is 1.69. The second-order valence-corrected chi connectivity index (χ2v) is 4.96. The molecule has 1 rings (SSSR count). The first-order chi connectivity index (χ1) is 10.5. The van der Waals surface area contributed by atoms with Crippen LogP contribution in [0.4, 0.5) is 0 Å². The fraction of sp³-hybridized carbons (Fsp3) is 0.400. The number of aromatic hydroxyl groups is 1. The molecule has 0 fully saturated rings. The number of hydrogen-bond acceptors (Lipinski definition) is 6. The van der Waals surface area contributed by atoms with Gasteiger partial charge in [0.15, 0.2) is 12.6 Å². The molecule has 0 aliphatic carbocycles. The summed E-state index contributed by atoms with van der Waals surface area (Å²) < 4.78 is 15.3. The molecule has 122 valence electrons. The summed E-state index contributed by atoms with van der Waals surface area (Å²) >= 11 is 6.00. The van der Waals surface area contributed by atoms with E-state index in [0.717, 1.165) is 0 Å². The van der Waals surface area contributed by atoms with E-state index in [1.165, 1.54) is 18.2 Å². The molecule has 1 aromatic rings. The van der Waals surface area contributed by atoms with Gasteiger partial charge in [-0.2, -0.15) is 0 Å². The van der Waals surface area contributed by atoms with Gasteiger partial charge in [-0.15, -0.1) is 0 Å².